The summed E-state index contributed by atoms with van der Waals surface area (Å²) in [6.07, 6.45) is 0. The maximum absolute atomic E-state index is 11.5. The van der Waals surface area contributed by atoms with E-state index in [0.717, 1.165) is 16.8 Å². The van der Waals surface area contributed by atoms with Gasteiger partial charge in [0.05, 0.1) is 6.61 Å². The van der Waals surface area contributed by atoms with Gasteiger partial charge in [-0.2, -0.15) is 0 Å². The molecule has 0 saturated carbocycles. The van der Waals surface area contributed by atoms with Gasteiger partial charge in [-0.25, -0.2) is 9.79 Å². The van der Waals surface area contributed by atoms with E-state index in [0.29, 0.717) is 12.4 Å². The van der Waals surface area contributed by atoms with E-state index in [2.05, 4.69) is 16.4 Å². The minimum Gasteiger partial charge on any atom is -0.460 e. The fourth-order valence-electron chi connectivity index (χ4n) is 2.17. The van der Waals surface area contributed by atoms with Gasteiger partial charge in [0.2, 0.25) is 5.76 Å². The molecule has 1 aromatic carbocycles. The van der Waals surface area contributed by atoms with Crippen LogP contribution in [0.4, 0.5) is 5.69 Å². The zero-order valence-corrected chi connectivity index (χ0v) is 13.6. The predicted molar refractivity (Wildman–Crippen MR) is 89.5 cm³/mol. The maximum atomic E-state index is 11.5. The first-order valence-corrected chi connectivity index (χ1v) is 7.39. The summed E-state index contributed by atoms with van der Waals surface area (Å²) in [5, 5.41) is 3.04. The van der Waals surface area contributed by atoms with Crippen molar-refractivity contribution >= 4 is 17.6 Å². The highest BCUT2D eigenvalue weighted by molar-refractivity contribution is 5.92. The largest absolute Gasteiger partial charge is 0.460 e. The van der Waals surface area contributed by atoms with Gasteiger partial charge in [-0.05, 0) is 56.2 Å². The van der Waals surface area contributed by atoms with Crippen LogP contribution in [-0.4, -0.2) is 18.5 Å². The van der Waals surface area contributed by atoms with Crippen LogP contribution in [0.1, 0.15) is 34.4 Å². The summed E-state index contributed by atoms with van der Waals surface area (Å²) >= 11 is 0. The standard InChI is InChI=1S/C17H21N3O3/c1-4-22-16(21)15-6-5-14(23-15)10-19-17(18)20-13-8-11(2)7-12(3)9-13/h5-9H,4,10H2,1-3H3,(H3,18,19,20). The highest BCUT2D eigenvalue weighted by atomic mass is 16.5. The quantitative estimate of drug-likeness (QED) is 0.503. The predicted octanol–water partition coefficient (Wildman–Crippen LogP) is 3.00. The summed E-state index contributed by atoms with van der Waals surface area (Å²) in [5.41, 5.74) is 9.05. The van der Waals surface area contributed by atoms with Gasteiger partial charge in [0.25, 0.3) is 0 Å². The molecule has 0 fully saturated rings. The number of benzene rings is 1. The Morgan fingerprint density at radius 2 is 1.96 bits per heavy atom. The van der Waals surface area contributed by atoms with Crippen molar-refractivity contribution < 1.29 is 13.9 Å². The fraction of sp³-hybridized carbons (Fsp3) is 0.294. The van der Waals surface area contributed by atoms with E-state index in [1.165, 1.54) is 0 Å². The van der Waals surface area contributed by atoms with Crippen LogP contribution in [0.2, 0.25) is 0 Å². The van der Waals surface area contributed by atoms with Gasteiger partial charge in [-0.1, -0.05) is 6.07 Å². The van der Waals surface area contributed by atoms with Crippen LogP contribution in [0.3, 0.4) is 0 Å². The summed E-state index contributed by atoms with van der Waals surface area (Å²) in [6, 6.07) is 9.30. The number of guanidine groups is 1. The van der Waals surface area contributed by atoms with Gasteiger partial charge in [0.15, 0.2) is 5.96 Å². The van der Waals surface area contributed by atoms with Crippen LogP contribution in [0.25, 0.3) is 0 Å². The normalized spacial score (nSPS) is 11.3. The van der Waals surface area contributed by atoms with Crippen molar-refractivity contribution in [3.63, 3.8) is 0 Å². The zero-order chi connectivity index (χ0) is 16.8. The Morgan fingerprint density at radius 3 is 2.61 bits per heavy atom. The van der Waals surface area contributed by atoms with E-state index < -0.39 is 5.97 Å². The maximum Gasteiger partial charge on any atom is 0.374 e. The van der Waals surface area contributed by atoms with E-state index in [1.807, 2.05) is 26.0 Å². The van der Waals surface area contributed by atoms with Crippen molar-refractivity contribution in [1.82, 2.24) is 0 Å². The Bertz CT molecular complexity index is 699. The van der Waals surface area contributed by atoms with Gasteiger partial charge in [-0.15, -0.1) is 0 Å². The molecule has 0 spiro atoms. The molecule has 0 aliphatic heterocycles. The zero-order valence-electron chi connectivity index (χ0n) is 13.6. The van der Waals surface area contributed by atoms with Gasteiger partial charge in [0.1, 0.15) is 12.3 Å². The second-order valence-corrected chi connectivity index (χ2v) is 5.19. The lowest BCUT2D eigenvalue weighted by atomic mass is 10.1. The van der Waals surface area contributed by atoms with Crippen LogP contribution in [0.15, 0.2) is 39.7 Å². The van der Waals surface area contributed by atoms with Gasteiger partial charge >= 0.3 is 5.97 Å². The molecule has 0 aliphatic carbocycles. The second kappa shape index (κ2) is 7.49. The molecular weight excluding hydrogens is 294 g/mol. The topological polar surface area (TPSA) is 89.8 Å². The Hall–Kier alpha value is -2.76. The average molecular weight is 315 g/mol. The van der Waals surface area contributed by atoms with Crippen LogP contribution < -0.4 is 11.1 Å². The number of hydrogen-bond donors (Lipinski definition) is 2. The monoisotopic (exact) mass is 315 g/mol. The molecule has 0 bridgehead atoms. The average Bonchev–Trinajstić information content (AvgIpc) is 2.93. The lowest BCUT2D eigenvalue weighted by molar-refractivity contribution is 0.0488. The minimum atomic E-state index is -0.482. The Balaban J connectivity index is 1.98. The molecule has 0 amide bonds. The molecule has 23 heavy (non-hydrogen) atoms. The molecule has 6 nitrogen and oxygen atoms in total. The number of aliphatic imine (C=N–C) groups is 1. The Labute approximate surface area is 135 Å². The summed E-state index contributed by atoms with van der Waals surface area (Å²) < 4.78 is 10.2. The molecule has 3 N–H and O–H groups in total. The molecule has 122 valence electrons. The first kappa shape index (κ1) is 16.6. The third kappa shape index (κ3) is 4.88. The lowest BCUT2D eigenvalue weighted by Gasteiger charge is -2.07. The molecule has 0 atom stereocenters. The number of nitrogens with zero attached hydrogens (tertiary/aromatic N) is 1. The number of furan rings is 1. The summed E-state index contributed by atoms with van der Waals surface area (Å²) in [4.78, 5) is 15.7. The number of esters is 1. The number of anilines is 1. The molecule has 0 aliphatic rings. The Kier molecular flexibility index (Phi) is 5.41. The van der Waals surface area contributed by atoms with E-state index in [9.17, 15) is 4.79 Å². The molecule has 1 aromatic heterocycles. The third-order valence-corrected chi connectivity index (χ3v) is 3.04. The first-order chi connectivity index (χ1) is 11.0. The number of nitrogens with one attached hydrogen (secondary N) is 1. The molecule has 2 rings (SSSR count). The molecule has 0 unspecified atom stereocenters. The number of nitrogens with two attached hydrogens (primary N) is 1. The van der Waals surface area contributed by atoms with Crippen molar-refractivity contribution in [3.05, 3.63) is 53.0 Å². The number of carbonyl (C=O) groups is 1. The van der Waals surface area contributed by atoms with Crippen molar-refractivity contribution in [2.24, 2.45) is 10.7 Å². The van der Waals surface area contributed by atoms with E-state index >= 15 is 0 Å². The number of aryl methyl sites for hydroxylation is 2. The Morgan fingerprint density at radius 1 is 1.26 bits per heavy atom. The highest BCUT2D eigenvalue weighted by Crippen LogP contribution is 2.14. The fourth-order valence-corrected chi connectivity index (χ4v) is 2.17. The van der Waals surface area contributed by atoms with Crippen LogP contribution >= 0.6 is 0 Å². The van der Waals surface area contributed by atoms with Crippen molar-refractivity contribution in [2.45, 2.75) is 27.3 Å². The van der Waals surface area contributed by atoms with E-state index in [4.69, 9.17) is 14.9 Å². The van der Waals surface area contributed by atoms with E-state index in [1.54, 1.807) is 19.1 Å². The van der Waals surface area contributed by atoms with Gasteiger partial charge in [0, 0.05) is 5.69 Å². The molecule has 2 aromatic rings. The first-order valence-electron chi connectivity index (χ1n) is 7.39. The van der Waals surface area contributed by atoms with Crippen LogP contribution in [-0.2, 0) is 11.3 Å². The molecule has 6 heteroatoms. The number of carbonyl (C=O) groups excluding carboxylic acids is 1. The summed E-state index contributed by atoms with van der Waals surface area (Å²) in [7, 11) is 0. The molecule has 1 heterocycles. The molecule has 0 radical (unpaired) electrons. The highest BCUT2D eigenvalue weighted by Gasteiger charge is 2.11. The van der Waals surface area contributed by atoms with Crippen LogP contribution in [0.5, 0.6) is 0 Å². The van der Waals surface area contributed by atoms with E-state index in [-0.39, 0.29) is 18.3 Å². The second-order valence-electron chi connectivity index (χ2n) is 5.19. The third-order valence-electron chi connectivity index (χ3n) is 3.04. The minimum absolute atomic E-state index is 0.165. The van der Waals surface area contributed by atoms with Gasteiger partial charge in [-0.3, -0.25) is 0 Å². The number of hydrogen-bond acceptors (Lipinski definition) is 4. The van der Waals surface area contributed by atoms with Crippen molar-refractivity contribution in [1.29, 1.82) is 0 Å². The molecule has 0 saturated heterocycles. The smallest absolute Gasteiger partial charge is 0.374 e. The van der Waals surface area contributed by atoms with Crippen molar-refractivity contribution in [2.75, 3.05) is 11.9 Å². The molecular formula is C17H21N3O3. The van der Waals surface area contributed by atoms with Crippen LogP contribution in [0, 0.1) is 13.8 Å². The SMILES string of the molecule is CCOC(=O)c1ccc(CN=C(N)Nc2cc(C)cc(C)c2)o1. The summed E-state index contributed by atoms with van der Waals surface area (Å²) in [6.45, 7) is 6.32. The van der Waals surface area contributed by atoms with Crippen molar-refractivity contribution in [3.8, 4) is 0 Å². The lowest BCUT2D eigenvalue weighted by Crippen LogP contribution is -2.22. The summed E-state index contributed by atoms with van der Waals surface area (Å²) in [5.74, 6) is 0.504. The number of rotatable bonds is 5. The van der Waals surface area contributed by atoms with Gasteiger partial charge < -0.3 is 20.2 Å². The number of ether oxygens (including phenoxy) is 1.